The van der Waals surface area contributed by atoms with E-state index in [1.807, 2.05) is 30.5 Å². The van der Waals surface area contributed by atoms with Gasteiger partial charge in [0.05, 0.1) is 6.67 Å². The molecule has 0 N–H and O–H groups in total. The minimum atomic E-state index is -6.00. The second-order valence-corrected chi connectivity index (χ2v) is 5.37. The van der Waals surface area contributed by atoms with Crippen LogP contribution < -0.4 is 4.90 Å². The molecule has 12 heteroatoms. The van der Waals surface area contributed by atoms with Gasteiger partial charge in [-0.05, 0) is 24.6 Å². The number of hydrogen-bond acceptors (Lipinski definition) is 4. The van der Waals surface area contributed by atoms with Gasteiger partial charge in [-0.15, -0.1) is 0 Å². The van der Waals surface area contributed by atoms with Crippen LogP contribution in [0.4, 0.5) is 23.1 Å². The Morgan fingerprint density at radius 3 is 2.37 bits per heavy atom. The summed E-state index contributed by atoms with van der Waals surface area (Å²) in [5.41, 5.74) is 0. The van der Waals surface area contributed by atoms with Gasteiger partial charge >= 0.3 is 35.0 Å². The molecule has 2 aromatic rings. The zero-order chi connectivity index (χ0) is 20.3. The van der Waals surface area contributed by atoms with E-state index >= 15 is 0 Å². The fourth-order valence-electron chi connectivity index (χ4n) is 2.22. The Bertz CT molecular complexity index is 681. The average Bonchev–Trinajstić information content (AvgIpc) is 3.32. The molecule has 0 bridgehead atoms. The Balaban J connectivity index is 0.000000454. The summed E-state index contributed by atoms with van der Waals surface area (Å²) in [6.07, 6.45) is 10.3. The summed E-state index contributed by atoms with van der Waals surface area (Å²) in [5, 5.41) is 4.22. The molecule has 3 heterocycles. The van der Waals surface area contributed by atoms with Crippen LogP contribution in [0.15, 0.2) is 49.1 Å². The molecule has 5 nitrogen and oxygen atoms in total. The van der Waals surface area contributed by atoms with Gasteiger partial charge in [0.2, 0.25) is 0 Å². The fraction of sp³-hybridized carbons (Fsp3) is 0.333. The number of hydrogen-bond donors (Lipinski definition) is 0. The first-order chi connectivity index (χ1) is 12.9. The molecular weight excluding hydrogens is 479 g/mol. The topological polar surface area (TPSA) is 37.2 Å². The quantitative estimate of drug-likeness (QED) is 0.447. The minimum absolute atomic E-state index is 0.841. The Morgan fingerprint density at radius 1 is 1.11 bits per heavy atom. The number of rotatable bonds is 5. The Hall–Kier alpha value is -1.56. The summed E-state index contributed by atoms with van der Waals surface area (Å²) in [5.74, 6) is 1.79. The third-order valence-corrected chi connectivity index (χ3v) is 3.34. The van der Waals surface area contributed by atoms with Gasteiger partial charge in [-0.2, -0.15) is 5.10 Å². The zero-order valence-electron chi connectivity index (χ0n) is 14.5. The van der Waals surface area contributed by atoms with Crippen LogP contribution in [0.2, 0.25) is 0 Å². The van der Waals surface area contributed by atoms with Gasteiger partial charge in [0.25, 0.3) is 0 Å². The number of anilines is 1. The van der Waals surface area contributed by atoms with Gasteiger partial charge < -0.3 is 27.1 Å². The monoisotopic (exact) mass is 497 g/mol. The molecule has 0 saturated heterocycles. The van der Waals surface area contributed by atoms with E-state index in [-0.39, 0.29) is 0 Å². The summed E-state index contributed by atoms with van der Waals surface area (Å²) >= 11 is 2.22. The second kappa shape index (κ2) is 12.0. The van der Waals surface area contributed by atoms with Crippen molar-refractivity contribution in [2.45, 2.75) is 19.8 Å². The third-order valence-electron chi connectivity index (χ3n) is 3.34. The molecule has 1 aliphatic rings. The third kappa shape index (κ3) is 9.27. The second-order valence-electron chi connectivity index (χ2n) is 5.37. The molecule has 0 aromatic carbocycles. The van der Waals surface area contributed by atoms with Crippen molar-refractivity contribution in [3.05, 3.63) is 49.1 Å². The van der Waals surface area contributed by atoms with E-state index in [1.54, 1.807) is 10.9 Å². The van der Waals surface area contributed by atoms with Crippen LogP contribution in [0, 0.1) is 0 Å². The van der Waals surface area contributed by atoms with Gasteiger partial charge in [0, 0.05) is 31.3 Å². The van der Waals surface area contributed by atoms with Gasteiger partial charge in [0.1, 0.15) is 5.82 Å². The van der Waals surface area contributed by atoms with Crippen LogP contribution in [0.3, 0.4) is 0 Å². The van der Waals surface area contributed by atoms with Crippen molar-refractivity contribution in [1.29, 1.82) is 0 Å². The first-order valence-electron chi connectivity index (χ1n) is 8.02. The Morgan fingerprint density at radius 2 is 1.78 bits per heavy atom. The zero-order valence-corrected chi connectivity index (χ0v) is 16.8. The van der Waals surface area contributed by atoms with E-state index < -0.39 is 7.25 Å². The van der Waals surface area contributed by atoms with Gasteiger partial charge in [0.15, 0.2) is 5.82 Å². The standard InChI is InChI=1S/C15H19N5.BF4.ClH.Pd/c1-2-3-9-18-11-12-19(13-18)14-6-4-7-15(17-14)20-10-5-8-16-20;2-1(3,4)5;;/h4-8,10-12H,2-3,9,13H2,1H3;;1H;/q;-1;;+2/p-1. The molecule has 0 unspecified atom stereocenters. The van der Waals surface area contributed by atoms with Crippen molar-refractivity contribution in [2.24, 2.45) is 0 Å². The number of aromatic nitrogens is 3. The van der Waals surface area contributed by atoms with E-state index in [9.17, 15) is 17.3 Å². The molecule has 0 amide bonds. The number of halogens is 5. The number of unbranched alkanes of at least 4 members (excludes halogenated alkanes) is 1. The molecule has 0 spiro atoms. The molecule has 0 atom stereocenters. The Kier molecular flexibility index (Phi) is 10.4. The van der Waals surface area contributed by atoms with E-state index in [0.29, 0.717) is 0 Å². The first-order valence-corrected chi connectivity index (χ1v) is 10.0. The normalized spacial score (nSPS) is 13.0. The van der Waals surface area contributed by atoms with Crippen LogP contribution in [0.1, 0.15) is 19.8 Å². The molecule has 0 fully saturated rings. The van der Waals surface area contributed by atoms with Crippen molar-refractivity contribution >= 4 is 22.6 Å². The van der Waals surface area contributed by atoms with Crippen LogP contribution in [-0.2, 0) is 18.2 Å². The summed E-state index contributed by atoms with van der Waals surface area (Å²) < 4.78 is 40.8. The molecule has 152 valence electrons. The van der Waals surface area contributed by atoms with Crippen molar-refractivity contribution < 1.29 is 35.4 Å². The van der Waals surface area contributed by atoms with E-state index in [0.717, 1.165) is 24.8 Å². The predicted octanol–water partition coefficient (Wildman–Crippen LogP) is 4.61. The van der Waals surface area contributed by atoms with Gasteiger partial charge in [-0.1, -0.05) is 19.4 Å². The summed E-state index contributed by atoms with van der Waals surface area (Å²) in [7, 11) is -1.51. The molecular formula is C15H19BClF4N5Pd. The van der Waals surface area contributed by atoms with Crippen LogP contribution in [0.5, 0.6) is 0 Å². The van der Waals surface area contributed by atoms with Crippen LogP contribution in [0.25, 0.3) is 5.82 Å². The van der Waals surface area contributed by atoms with Crippen molar-refractivity contribution in [1.82, 2.24) is 19.7 Å². The summed E-state index contributed by atoms with van der Waals surface area (Å²) in [6, 6.07) is 7.91. The first kappa shape index (κ1) is 23.5. The Labute approximate surface area is 170 Å². The molecule has 27 heavy (non-hydrogen) atoms. The summed E-state index contributed by atoms with van der Waals surface area (Å²) in [6.45, 7) is 4.19. The average molecular weight is 498 g/mol. The molecule has 1 aliphatic heterocycles. The van der Waals surface area contributed by atoms with E-state index in [2.05, 4.69) is 66.9 Å². The van der Waals surface area contributed by atoms with Crippen molar-refractivity contribution in [3.63, 3.8) is 0 Å². The van der Waals surface area contributed by atoms with Crippen LogP contribution >= 0.6 is 9.53 Å². The number of pyridine rings is 1. The predicted molar refractivity (Wildman–Crippen MR) is 95.5 cm³/mol. The van der Waals surface area contributed by atoms with Crippen molar-refractivity contribution in [2.75, 3.05) is 18.1 Å². The summed E-state index contributed by atoms with van der Waals surface area (Å²) in [4.78, 5) is 9.13. The van der Waals surface area contributed by atoms with E-state index in [4.69, 9.17) is 0 Å². The molecule has 2 aromatic heterocycles. The van der Waals surface area contributed by atoms with Crippen molar-refractivity contribution in [3.8, 4) is 5.82 Å². The van der Waals surface area contributed by atoms with Gasteiger partial charge in [-0.3, -0.25) is 0 Å². The van der Waals surface area contributed by atoms with Gasteiger partial charge in [-0.25, -0.2) is 9.67 Å². The van der Waals surface area contributed by atoms with Crippen LogP contribution in [-0.4, -0.2) is 40.1 Å². The fourth-order valence-corrected chi connectivity index (χ4v) is 2.22. The molecule has 0 radical (unpaired) electrons. The number of nitrogens with zero attached hydrogens (tertiary/aromatic N) is 5. The molecule has 0 aliphatic carbocycles. The maximum atomic E-state index is 9.75. The maximum absolute atomic E-state index is 9.75. The molecule has 0 saturated carbocycles. The van der Waals surface area contributed by atoms with E-state index in [1.165, 1.54) is 12.8 Å². The SMILES string of the molecule is CCCCN1C=CN(c2cccc(-n3cccn3)n2)C1.F[B-](F)(F)F.[Cl][Pd+]. The molecule has 3 rings (SSSR count).